The second kappa shape index (κ2) is 12.9. The molecule has 2 fully saturated rings. The minimum absolute atomic E-state index is 0.0218. The van der Waals surface area contributed by atoms with Crippen LogP contribution < -0.4 is 10.6 Å². The van der Waals surface area contributed by atoms with Crippen molar-refractivity contribution in [1.29, 1.82) is 0 Å². The lowest BCUT2D eigenvalue weighted by Gasteiger charge is -2.13. The predicted molar refractivity (Wildman–Crippen MR) is 106 cm³/mol. The predicted octanol–water partition coefficient (Wildman–Crippen LogP) is -2.09. The van der Waals surface area contributed by atoms with Gasteiger partial charge < -0.3 is 20.1 Å². The van der Waals surface area contributed by atoms with Gasteiger partial charge in [0.05, 0.1) is 13.1 Å². The summed E-state index contributed by atoms with van der Waals surface area (Å²) in [5.41, 5.74) is 0. The fourth-order valence-corrected chi connectivity index (χ4v) is 2.82. The Morgan fingerprint density at radius 3 is 1.71 bits per heavy atom. The quantitative estimate of drug-likeness (QED) is 0.175. The standard InChI is InChI=1S/C19H24N4O11/c24-12(20-7-9-32-18(30)11-22-14(26)3-4-15(22)27)1-2-13(25)21-8-10-33-19(31)34-23-16(28)5-6-17(23)29/h1-11H2,(H,20,24)(H,21,25). The van der Waals surface area contributed by atoms with Crippen molar-refractivity contribution in [2.75, 3.05) is 32.8 Å². The van der Waals surface area contributed by atoms with Crippen LogP contribution in [0.5, 0.6) is 0 Å². The monoisotopic (exact) mass is 484 g/mol. The number of esters is 1. The molecule has 2 heterocycles. The number of hydrogen-bond donors (Lipinski definition) is 2. The summed E-state index contributed by atoms with van der Waals surface area (Å²) in [6.07, 6.45) is -1.55. The van der Waals surface area contributed by atoms with Gasteiger partial charge in [0.25, 0.3) is 11.8 Å². The third kappa shape index (κ3) is 8.48. The molecule has 2 N–H and O–H groups in total. The van der Waals surface area contributed by atoms with Crippen molar-refractivity contribution in [1.82, 2.24) is 20.6 Å². The Labute approximate surface area is 193 Å². The SMILES string of the molecule is O=C(CCC(=O)NCCOC(=O)ON1C(=O)CCC1=O)NCCOC(=O)CN1C(=O)CCC1=O. The Morgan fingerprint density at radius 2 is 1.18 bits per heavy atom. The van der Waals surface area contributed by atoms with Gasteiger partial charge >= 0.3 is 12.1 Å². The van der Waals surface area contributed by atoms with E-state index in [9.17, 15) is 38.4 Å². The van der Waals surface area contributed by atoms with Crippen molar-refractivity contribution in [3.63, 3.8) is 0 Å². The first kappa shape index (κ1) is 26.2. The van der Waals surface area contributed by atoms with Crippen molar-refractivity contribution < 1.29 is 52.7 Å². The number of rotatable bonds is 12. The Bertz CT molecular complexity index is 770. The maximum absolute atomic E-state index is 11.7. The largest absolute Gasteiger partial charge is 0.534 e. The zero-order chi connectivity index (χ0) is 25.1. The van der Waals surface area contributed by atoms with Crippen molar-refractivity contribution in [3.8, 4) is 0 Å². The molecule has 34 heavy (non-hydrogen) atoms. The molecular formula is C19H24N4O11. The molecule has 0 saturated carbocycles. The van der Waals surface area contributed by atoms with Crippen LogP contribution in [0.2, 0.25) is 0 Å². The maximum Gasteiger partial charge on any atom is 0.534 e. The minimum Gasteiger partial charge on any atom is -0.462 e. The van der Waals surface area contributed by atoms with Crippen LogP contribution in [0.3, 0.4) is 0 Å². The maximum atomic E-state index is 11.7. The third-order valence-electron chi connectivity index (χ3n) is 4.52. The highest BCUT2D eigenvalue weighted by Crippen LogP contribution is 2.12. The van der Waals surface area contributed by atoms with Gasteiger partial charge in [-0.1, -0.05) is 5.06 Å². The van der Waals surface area contributed by atoms with E-state index in [1.165, 1.54) is 0 Å². The molecule has 0 unspecified atom stereocenters. The van der Waals surface area contributed by atoms with E-state index in [1.807, 2.05) is 0 Å². The van der Waals surface area contributed by atoms with Gasteiger partial charge in [-0.05, 0) is 0 Å². The van der Waals surface area contributed by atoms with Crippen LogP contribution in [0, 0.1) is 0 Å². The van der Waals surface area contributed by atoms with E-state index in [4.69, 9.17) is 4.74 Å². The fraction of sp³-hybridized carbons (Fsp3) is 0.579. The van der Waals surface area contributed by atoms with E-state index in [2.05, 4.69) is 20.2 Å². The first-order valence-corrected chi connectivity index (χ1v) is 10.4. The number of carbonyl (C=O) groups is 8. The lowest BCUT2D eigenvalue weighted by molar-refractivity contribution is -0.177. The van der Waals surface area contributed by atoms with Crippen LogP contribution in [0.15, 0.2) is 0 Å². The second-order valence-corrected chi connectivity index (χ2v) is 7.07. The summed E-state index contributed by atoms with van der Waals surface area (Å²) in [5.74, 6) is -3.92. The first-order valence-electron chi connectivity index (χ1n) is 10.4. The van der Waals surface area contributed by atoms with Gasteiger partial charge in [-0.3, -0.25) is 43.3 Å². The second-order valence-electron chi connectivity index (χ2n) is 7.07. The third-order valence-corrected chi connectivity index (χ3v) is 4.52. The van der Waals surface area contributed by atoms with E-state index in [-0.39, 0.29) is 64.8 Å². The number of carbonyl (C=O) groups excluding carboxylic acids is 8. The van der Waals surface area contributed by atoms with Crippen LogP contribution >= 0.6 is 0 Å². The van der Waals surface area contributed by atoms with E-state index < -0.39 is 54.1 Å². The Balaban J connectivity index is 1.47. The summed E-state index contributed by atoms with van der Waals surface area (Å²) in [5, 5.41) is 5.17. The van der Waals surface area contributed by atoms with Crippen molar-refractivity contribution in [2.45, 2.75) is 38.5 Å². The van der Waals surface area contributed by atoms with Crippen LogP contribution in [-0.2, 0) is 47.9 Å². The van der Waals surface area contributed by atoms with Gasteiger partial charge in [0.2, 0.25) is 23.6 Å². The molecule has 15 heteroatoms. The average Bonchev–Trinajstić information content (AvgIpc) is 3.28. The number of hydrogen-bond acceptors (Lipinski definition) is 11. The topological polar surface area (TPSA) is 195 Å². The number of imide groups is 2. The molecular weight excluding hydrogens is 460 g/mol. The zero-order valence-corrected chi connectivity index (χ0v) is 18.2. The van der Waals surface area contributed by atoms with Crippen LogP contribution in [0.25, 0.3) is 0 Å². The van der Waals surface area contributed by atoms with Gasteiger partial charge in [0.15, 0.2) is 0 Å². The Kier molecular flexibility index (Phi) is 9.91. The molecule has 15 nitrogen and oxygen atoms in total. The lowest BCUT2D eigenvalue weighted by atomic mass is 10.3. The van der Waals surface area contributed by atoms with Crippen LogP contribution in [0.1, 0.15) is 38.5 Å². The average molecular weight is 484 g/mol. The highest BCUT2D eigenvalue weighted by Gasteiger charge is 2.33. The highest BCUT2D eigenvalue weighted by molar-refractivity contribution is 6.04. The van der Waals surface area contributed by atoms with Crippen molar-refractivity contribution in [3.05, 3.63) is 0 Å². The summed E-state index contributed by atoms with van der Waals surface area (Å²) in [4.78, 5) is 97.2. The molecule has 6 amide bonds. The number of nitrogens with one attached hydrogen (secondary N) is 2. The van der Waals surface area contributed by atoms with E-state index >= 15 is 0 Å². The molecule has 0 aromatic rings. The lowest BCUT2D eigenvalue weighted by Crippen LogP contribution is -2.36. The molecule has 0 spiro atoms. The van der Waals surface area contributed by atoms with Gasteiger partial charge in [-0.2, -0.15) is 0 Å². The number of likely N-dealkylation sites (tertiary alicyclic amines) is 1. The molecule has 2 saturated heterocycles. The molecule has 0 bridgehead atoms. The Morgan fingerprint density at radius 1 is 0.706 bits per heavy atom. The molecule has 0 atom stereocenters. The summed E-state index contributed by atoms with van der Waals surface area (Å²) >= 11 is 0. The molecule has 2 aliphatic heterocycles. The fourth-order valence-electron chi connectivity index (χ4n) is 2.82. The van der Waals surface area contributed by atoms with Gasteiger partial charge in [-0.15, -0.1) is 0 Å². The molecule has 0 aromatic carbocycles. The molecule has 2 rings (SSSR count). The van der Waals surface area contributed by atoms with E-state index in [0.29, 0.717) is 5.06 Å². The molecule has 186 valence electrons. The Hall–Kier alpha value is -4.04. The van der Waals surface area contributed by atoms with Crippen LogP contribution in [0.4, 0.5) is 4.79 Å². The van der Waals surface area contributed by atoms with Crippen molar-refractivity contribution in [2.24, 2.45) is 0 Å². The van der Waals surface area contributed by atoms with Gasteiger partial charge in [-0.25, -0.2) is 4.79 Å². The molecule has 2 aliphatic rings. The summed E-state index contributed by atoms with van der Waals surface area (Å²) in [6, 6.07) is 0. The highest BCUT2D eigenvalue weighted by atomic mass is 16.8. The minimum atomic E-state index is -1.27. The van der Waals surface area contributed by atoms with Crippen molar-refractivity contribution >= 4 is 47.6 Å². The number of amides is 6. The summed E-state index contributed by atoms with van der Waals surface area (Å²) < 4.78 is 9.48. The molecule has 0 aliphatic carbocycles. The normalized spacial score (nSPS) is 15.4. The van der Waals surface area contributed by atoms with Gasteiger partial charge in [0.1, 0.15) is 19.8 Å². The smallest absolute Gasteiger partial charge is 0.462 e. The first-order chi connectivity index (χ1) is 16.2. The number of hydroxylamine groups is 2. The van der Waals surface area contributed by atoms with E-state index in [1.54, 1.807) is 0 Å². The molecule has 0 radical (unpaired) electrons. The zero-order valence-electron chi connectivity index (χ0n) is 18.2. The number of nitrogens with zero attached hydrogens (tertiary/aromatic N) is 2. The van der Waals surface area contributed by atoms with Gasteiger partial charge in [0, 0.05) is 38.5 Å². The van der Waals surface area contributed by atoms with E-state index in [0.717, 1.165) is 4.90 Å². The number of ether oxygens (including phenoxy) is 2. The summed E-state index contributed by atoms with van der Waals surface area (Å²) in [6.45, 7) is -1.04. The molecule has 0 aromatic heterocycles. The van der Waals surface area contributed by atoms with Crippen LogP contribution in [-0.4, -0.2) is 90.4 Å². The summed E-state index contributed by atoms with van der Waals surface area (Å²) in [7, 11) is 0.